The number of Topliss-reactive ketones (excluding diaryl/α,β-unsaturated/α-hetero) is 1. The molecule has 2 fully saturated rings. The highest BCUT2D eigenvalue weighted by Crippen LogP contribution is 2.61. The van der Waals surface area contributed by atoms with E-state index in [-0.39, 0.29) is 12.0 Å². The smallest absolute Gasteiger partial charge is 0.390 e. The molecule has 1 aromatic heterocycles. The van der Waals surface area contributed by atoms with Crippen LogP contribution in [0.4, 0.5) is 0 Å². The number of aryl methyl sites for hydroxylation is 1. The van der Waals surface area contributed by atoms with E-state index in [4.69, 9.17) is 9.47 Å². The van der Waals surface area contributed by atoms with Crippen molar-refractivity contribution in [3.05, 3.63) is 32.6 Å². The van der Waals surface area contributed by atoms with Crippen molar-refractivity contribution in [2.75, 3.05) is 13.2 Å². The molecule has 0 saturated carbocycles. The van der Waals surface area contributed by atoms with E-state index < -0.39 is 82.3 Å². The third-order valence-corrected chi connectivity index (χ3v) is 7.88. The average Bonchev–Trinajstić information content (AvgIpc) is 3.09. The van der Waals surface area contributed by atoms with E-state index in [1.807, 2.05) is 0 Å². The van der Waals surface area contributed by atoms with Crippen LogP contribution in [-0.2, 0) is 36.8 Å². The first kappa shape index (κ1) is 28.0. The van der Waals surface area contributed by atoms with E-state index in [0.717, 1.165) is 11.5 Å². The lowest BCUT2D eigenvalue weighted by Gasteiger charge is -2.37. The zero-order valence-corrected chi connectivity index (χ0v) is 20.0. The molecule has 8 atom stereocenters. The number of ether oxygens (including phenoxy) is 2. The fraction of sp³-hybridized carbons (Fsp3) is 0.688. The van der Waals surface area contributed by atoms with Crippen molar-refractivity contribution >= 4 is 21.4 Å². The van der Waals surface area contributed by atoms with Crippen LogP contribution in [0.25, 0.3) is 0 Å². The van der Waals surface area contributed by atoms with Gasteiger partial charge in [0, 0.05) is 18.2 Å². The molecule has 0 amide bonds. The summed E-state index contributed by atoms with van der Waals surface area (Å²) < 4.78 is 48.6. The van der Waals surface area contributed by atoms with Gasteiger partial charge in [0.2, 0.25) is 0 Å². The maximum Gasteiger partial charge on any atom is 0.483 e. The Hall–Kier alpha value is -1.59. The minimum Gasteiger partial charge on any atom is -0.390 e. The highest BCUT2D eigenvalue weighted by Gasteiger charge is 2.51. The Bertz CT molecular complexity index is 1180. The van der Waals surface area contributed by atoms with Gasteiger partial charge in [-0.2, -0.15) is 4.31 Å². The molecule has 0 spiro atoms. The summed E-state index contributed by atoms with van der Waals surface area (Å²) in [7, 11) is -10.8. The fourth-order valence-electron chi connectivity index (χ4n) is 3.22. The monoisotopic (exact) mass is 546 g/mol. The number of rotatable bonds is 8. The first-order chi connectivity index (χ1) is 16.0. The van der Waals surface area contributed by atoms with Gasteiger partial charge in [-0.15, -0.1) is 0 Å². The third kappa shape index (κ3) is 6.40. The van der Waals surface area contributed by atoms with Gasteiger partial charge in [0.05, 0.1) is 12.7 Å². The third-order valence-electron chi connectivity index (χ3n) is 5.28. The van der Waals surface area contributed by atoms with Gasteiger partial charge in [-0.05, 0) is 13.8 Å². The quantitative estimate of drug-likeness (QED) is 0.189. The van der Waals surface area contributed by atoms with Gasteiger partial charge in [0.1, 0.15) is 25.0 Å². The molecule has 17 nitrogen and oxygen atoms in total. The van der Waals surface area contributed by atoms with Gasteiger partial charge in [0.15, 0.2) is 17.7 Å². The first-order valence-corrected chi connectivity index (χ1v) is 12.9. The molecule has 0 radical (unpaired) electrons. The molecule has 19 heteroatoms. The second-order valence-corrected chi connectivity index (χ2v) is 11.0. The highest BCUT2D eigenvalue weighted by atomic mass is 31.3. The Labute approximate surface area is 196 Å². The van der Waals surface area contributed by atoms with Crippen LogP contribution in [0.5, 0.6) is 0 Å². The van der Waals surface area contributed by atoms with Crippen molar-refractivity contribution in [2.45, 2.75) is 56.7 Å². The van der Waals surface area contributed by atoms with Crippen molar-refractivity contribution in [3.63, 3.8) is 0 Å². The number of ketones is 1. The number of hydrogen-bond donors (Lipinski definition) is 6. The van der Waals surface area contributed by atoms with Gasteiger partial charge in [-0.1, -0.05) is 0 Å². The van der Waals surface area contributed by atoms with E-state index in [0.29, 0.717) is 0 Å². The molecule has 2 aliphatic rings. The normalized spacial score (nSPS) is 34.9. The Kier molecular flexibility index (Phi) is 8.04. The van der Waals surface area contributed by atoms with E-state index in [9.17, 15) is 48.6 Å². The number of phosphoric acid groups is 2. The van der Waals surface area contributed by atoms with Gasteiger partial charge >= 0.3 is 21.3 Å². The number of hydrogen-bond acceptors (Lipinski definition) is 13. The summed E-state index contributed by atoms with van der Waals surface area (Å²) in [6, 6.07) is 0. The number of carbonyl (C=O) groups excluding carboxylic acids is 1. The maximum absolute atomic E-state index is 12.1. The highest BCUT2D eigenvalue weighted by molar-refractivity contribution is 7.61. The number of nitrogens with zero attached hydrogens (tertiary/aromatic N) is 1. The minimum atomic E-state index is -5.48. The summed E-state index contributed by atoms with van der Waals surface area (Å²) in [5.74, 6) is -0.942. The predicted molar refractivity (Wildman–Crippen MR) is 110 cm³/mol. The number of carbonyl (C=O) groups is 1. The molecule has 6 N–H and O–H groups in total. The van der Waals surface area contributed by atoms with Gasteiger partial charge < -0.3 is 34.6 Å². The van der Waals surface area contributed by atoms with Crippen molar-refractivity contribution in [2.24, 2.45) is 0 Å². The summed E-state index contributed by atoms with van der Waals surface area (Å²) >= 11 is 0. The summed E-state index contributed by atoms with van der Waals surface area (Å²) in [5, 5.41) is 30.0. The Morgan fingerprint density at radius 1 is 1.23 bits per heavy atom. The van der Waals surface area contributed by atoms with Crippen LogP contribution < -0.4 is 11.2 Å². The van der Waals surface area contributed by atoms with E-state index in [2.05, 4.69) is 18.3 Å². The molecule has 198 valence electrons. The van der Waals surface area contributed by atoms with Crippen molar-refractivity contribution in [1.82, 2.24) is 9.55 Å². The number of aliphatic hydroxyl groups is 3. The summed E-state index contributed by atoms with van der Waals surface area (Å²) in [6.07, 6.45) is -6.81. The molecule has 1 aromatic rings. The molecule has 2 aliphatic heterocycles. The lowest BCUT2D eigenvalue weighted by atomic mass is 9.92. The van der Waals surface area contributed by atoms with Gasteiger partial charge in [-0.3, -0.25) is 28.2 Å². The number of H-pyrrole nitrogens is 1. The van der Waals surface area contributed by atoms with Gasteiger partial charge in [0.25, 0.3) is 5.56 Å². The zero-order chi connectivity index (χ0) is 26.3. The SMILES string of the molecule is Cc1cn([C@H]2C[C@H](O)[C@@H](COP(=O)(O)OP(=O)(O)O[C@H]3OCC(=O)[C@@](C)(O)[C@H]3O)O2)c(=O)[nH]c1=O. The van der Waals surface area contributed by atoms with E-state index in [1.54, 1.807) is 0 Å². The standard InChI is InChI=1S/C16H24N2O15P2/c1-7-4-18(15(23)17-13(7)22)11-3-8(19)9(31-11)5-30-34(25,26)33-35(27,28)32-14-12(21)16(2,24)10(20)6-29-14/h4,8-9,11-12,14,19,21,24H,3,5-6H2,1-2H3,(H,25,26)(H,27,28)(H,17,22,23)/t8-,9+,11+,12-,14+,16+/m0/s1. The van der Waals surface area contributed by atoms with Crippen LogP contribution in [0.2, 0.25) is 0 Å². The summed E-state index contributed by atoms with van der Waals surface area (Å²) in [6.45, 7) is 0.711. The topological polar surface area (TPSA) is 253 Å². The molecular formula is C16H24N2O15P2. The van der Waals surface area contributed by atoms with Crippen LogP contribution in [0.15, 0.2) is 15.8 Å². The molecule has 2 saturated heterocycles. The molecule has 0 bridgehead atoms. The van der Waals surface area contributed by atoms with Crippen molar-refractivity contribution < 1.29 is 61.9 Å². The largest absolute Gasteiger partial charge is 0.483 e. The number of aliphatic hydroxyl groups excluding tert-OH is 2. The zero-order valence-electron chi connectivity index (χ0n) is 18.2. The van der Waals surface area contributed by atoms with E-state index >= 15 is 0 Å². The van der Waals surface area contributed by atoms with Crippen molar-refractivity contribution in [3.8, 4) is 0 Å². The Morgan fingerprint density at radius 3 is 2.54 bits per heavy atom. The predicted octanol–water partition coefficient (Wildman–Crippen LogP) is -2.22. The molecule has 3 rings (SSSR count). The molecule has 0 aromatic carbocycles. The van der Waals surface area contributed by atoms with Crippen LogP contribution in [-0.4, -0.2) is 83.9 Å². The molecule has 0 aliphatic carbocycles. The van der Waals surface area contributed by atoms with Crippen LogP contribution in [0, 0.1) is 6.92 Å². The molecule has 2 unspecified atom stereocenters. The summed E-state index contributed by atoms with van der Waals surface area (Å²) in [5.41, 5.74) is -3.63. The van der Waals surface area contributed by atoms with E-state index in [1.165, 1.54) is 13.1 Å². The summed E-state index contributed by atoms with van der Waals surface area (Å²) in [4.78, 5) is 56.6. The lowest BCUT2D eigenvalue weighted by Crippen LogP contribution is -2.59. The Morgan fingerprint density at radius 2 is 1.89 bits per heavy atom. The number of aromatic nitrogens is 2. The lowest BCUT2D eigenvalue weighted by molar-refractivity contribution is -0.232. The average molecular weight is 546 g/mol. The second-order valence-electron chi connectivity index (χ2n) is 8.03. The fourth-order valence-corrected chi connectivity index (χ4v) is 5.38. The number of aromatic amines is 1. The number of nitrogens with one attached hydrogen (secondary N) is 1. The molecular weight excluding hydrogens is 522 g/mol. The second kappa shape index (κ2) is 10.0. The first-order valence-electron chi connectivity index (χ1n) is 9.93. The van der Waals surface area contributed by atoms with Crippen LogP contribution in [0.3, 0.4) is 0 Å². The van der Waals surface area contributed by atoms with Crippen LogP contribution in [0.1, 0.15) is 25.1 Å². The maximum atomic E-state index is 12.1. The Balaban J connectivity index is 1.59. The minimum absolute atomic E-state index is 0.160. The number of phosphoric ester groups is 2. The molecule has 35 heavy (non-hydrogen) atoms. The van der Waals surface area contributed by atoms with Crippen molar-refractivity contribution in [1.29, 1.82) is 0 Å². The molecule has 3 heterocycles. The van der Waals surface area contributed by atoms with Crippen LogP contribution >= 0.6 is 15.6 Å². The van der Waals surface area contributed by atoms with Gasteiger partial charge in [-0.25, -0.2) is 13.9 Å².